The van der Waals surface area contributed by atoms with Crippen molar-refractivity contribution in [3.63, 3.8) is 0 Å². The van der Waals surface area contributed by atoms with Gasteiger partial charge in [0.15, 0.2) is 0 Å². The van der Waals surface area contributed by atoms with Crippen LogP contribution in [0.5, 0.6) is 0 Å². The van der Waals surface area contributed by atoms with Gasteiger partial charge in [-0.25, -0.2) is 9.97 Å². The Labute approximate surface area is 110 Å². The molecule has 3 rings (SSSR count). The fraction of sp³-hybridized carbons (Fsp3) is 0.417. The van der Waals surface area contributed by atoms with Gasteiger partial charge < -0.3 is 5.32 Å². The fourth-order valence-electron chi connectivity index (χ4n) is 2.35. The van der Waals surface area contributed by atoms with Gasteiger partial charge >= 0.3 is 0 Å². The van der Waals surface area contributed by atoms with Crippen molar-refractivity contribution < 1.29 is 0 Å². The van der Waals surface area contributed by atoms with Gasteiger partial charge in [0.25, 0.3) is 0 Å². The molecule has 6 heteroatoms. The first-order valence-corrected chi connectivity index (χ1v) is 6.37. The van der Waals surface area contributed by atoms with Crippen molar-refractivity contribution in [2.75, 3.05) is 5.32 Å². The number of halogens is 1. The summed E-state index contributed by atoms with van der Waals surface area (Å²) in [6.45, 7) is 1.84. The van der Waals surface area contributed by atoms with E-state index in [-0.39, 0.29) is 0 Å². The highest BCUT2D eigenvalue weighted by Gasteiger charge is 2.20. The number of hydrogen-bond acceptors (Lipinski definition) is 4. The third-order valence-electron chi connectivity index (χ3n) is 3.18. The van der Waals surface area contributed by atoms with Gasteiger partial charge in [0.05, 0.1) is 6.20 Å². The third kappa shape index (κ3) is 2.31. The van der Waals surface area contributed by atoms with Gasteiger partial charge in [-0.3, -0.25) is 5.10 Å². The Kier molecular flexibility index (Phi) is 2.91. The second-order valence-corrected chi connectivity index (χ2v) is 4.97. The number of aryl methyl sites for hydroxylation is 2. The topological polar surface area (TPSA) is 66.5 Å². The van der Waals surface area contributed by atoms with Gasteiger partial charge in [0, 0.05) is 17.8 Å². The van der Waals surface area contributed by atoms with E-state index in [1.807, 2.05) is 13.1 Å². The molecule has 18 heavy (non-hydrogen) atoms. The van der Waals surface area contributed by atoms with Crippen LogP contribution in [0.25, 0.3) is 0 Å². The second-order valence-electron chi connectivity index (χ2n) is 4.58. The molecule has 5 nitrogen and oxygen atoms in total. The molecule has 0 aliphatic heterocycles. The first-order valence-electron chi connectivity index (χ1n) is 5.99. The SMILES string of the molecule is Cc1nc(Cl)cc(NC2CCc3[nH]ncc3C2)n1. The van der Waals surface area contributed by atoms with E-state index in [0.717, 1.165) is 25.1 Å². The predicted molar refractivity (Wildman–Crippen MR) is 69.8 cm³/mol. The quantitative estimate of drug-likeness (QED) is 0.815. The van der Waals surface area contributed by atoms with Crippen molar-refractivity contribution >= 4 is 17.4 Å². The minimum atomic E-state index is 0.375. The summed E-state index contributed by atoms with van der Waals surface area (Å²) < 4.78 is 0. The molecule has 2 heterocycles. The fourth-order valence-corrected chi connectivity index (χ4v) is 2.58. The first-order chi connectivity index (χ1) is 8.70. The minimum absolute atomic E-state index is 0.375. The Balaban J connectivity index is 1.74. The van der Waals surface area contributed by atoms with E-state index in [0.29, 0.717) is 17.0 Å². The number of aromatic nitrogens is 4. The van der Waals surface area contributed by atoms with Crippen molar-refractivity contribution in [3.05, 3.63) is 34.5 Å². The van der Waals surface area contributed by atoms with Crippen LogP contribution < -0.4 is 5.32 Å². The van der Waals surface area contributed by atoms with Gasteiger partial charge in [0.2, 0.25) is 0 Å². The smallest absolute Gasteiger partial charge is 0.134 e. The zero-order valence-electron chi connectivity index (χ0n) is 10.1. The van der Waals surface area contributed by atoms with E-state index in [1.165, 1.54) is 11.3 Å². The lowest BCUT2D eigenvalue weighted by Crippen LogP contribution is -2.27. The van der Waals surface area contributed by atoms with Crippen LogP contribution in [0.3, 0.4) is 0 Å². The van der Waals surface area contributed by atoms with E-state index in [1.54, 1.807) is 6.07 Å². The van der Waals surface area contributed by atoms with Crippen molar-refractivity contribution in [1.82, 2.24) is 20.2 Å². The molecule has 0 aromatic carbocycles. The standard InChI is InChI=1S/C12H14ClN5/c1-7-15-11(13)5-12(16-7)17-9-2-3-10-8(4-9)6-14-18-10/h5-6,9H,2-4H2,1H3,(H,14,18)(H,15,16,17). The molecule has 0 spiro atoms. The number of aromatic amines is 1. The Bertz CT molecular complexity index is 545. The Morgan fingerprint density at radius 2 is 2.33 bits per heavy atom. The highest BCUT2D eigenvalue weighted by molar-refractivity contribution is 6.29. The van der Waals surface area contributed by atoms with Gasteiger partial charge in [-0.05, 0) is 31.7 Å². The molecule has 2 aromatic heterocycles. The summed E-state index contributed by atoms with van der Waals surface area (Å²) in [7, 11) is 0. The number of anilines is 1. The Morgan fingerprint density at radius 3 is 3.17 bits per heavy atom. The maximum Gasteiger partial charge on any atom is 0.134 e. The molecule has 0 saturated carbocycles. The summed E-state index contributed by atoms with van der Waals surface area (Å²) in [4.78, 5) is 8.40. The predicted octanol–water partition coefficient (Wildman–Crippen LogP) is 2.13. The summed E-state index contributed by atoms with van der Waals surface area (Å²) >= 11 is 5.93. The van der Waals surface area contributed by atoms with E-state index < -0.39 is 0 Å². The molecule has 2 N–H and O–H groups in total. The number of hydrogen-bond donors (Lipinski definition) is 2. The monoisotopic (exact) mass is 263 g/mol. The molecule has 0 radical (unpaired) electrons. The minimum Gasteiger partial charge on any atom is -0.367 e. The average Bonchev–Trinajstić information content (AvgIpc) is 2.74. The zero-order chi connectivity index (χ0) is 12.5. The van der Waals surface area contributed by atoms with Crippen LogP contribution in [0.4, 0.5) is 5.82 Å². The molecule has 0 saturated heterocycles. The summed E-state index contributed by atoms with van der Waals surface area (Å²) in [5.41, 5.74) is 2.54. The zero-order valence-corrected chi connectivity index (χ0v) is 10.8. The van der Waals surface area contributed by atoms with Crippen LogP contribution in [-0.4, -0.2) is 26.2 Å². The summed E-state index contributed by atoms with van der Waals surface area (Å²) in [5.74, 6) is 1.48. The van der Waals surface area contributed by atoms with Gasteiger partial charge in [-0.2, -0.15) is 5.10 Å². The number of nitrogens with one attached hydrogen (secondary N) is 2. The number of nitrogens with zero attached hydrogens (tertiary/aromatic N) is 3. The van der Waals surface area contributed by atoms with Gasteiger partial charge in [-0.1, -0.05) is 11.6 Å². The molecule has 0 fully saturated rings. The van der Waals surface area contributed by atoms with Crippen LogP contribution in [0.1, 0.15) is 23.5 Å². The lowest BCUT2D eigenvalue weighted by Gasteiger charge is -2.23. The summed E-state index contributed by atoms with van der Waals surface area (Å²) in [5, 5.41) is 11.0. The van der Waals surface area contributed by atoms with Gasteiger partial charge in [-0.15, -0.1) is 0 Å². The van der Waals surface area contributed by atoms with E-state index in [4.69, 9.17) is 11.6 Å². The van der Waals surface area contributed by atoms with E-state index in [2.05, 4.69) is 25.5 Å². The Hall–Kier alpha value is -1.62. The first kappa shape index (κ1) is 11.5. The average molecular weight is 264 g/mol. The molecule has 0 bridgehead atoms. The van der Waals surface area contributed by atoms with Gasteiger partial charge in [0.1, 0.15) is 16.8 Å². The van der Waals surface area contributed by atoms with Crippen LogP contribution in [0.2, 0.25) is 5.15 Å². The Morgan fingerprint density at radius 1 is 1.44 bits per heavy atom. The maximum atomic E-state index is 5.93. The lowest BCUT2D eigenvalue weighted by atomic mass is 9.93. The normalized spacial score (nSPS) is 18.4. The summed E-state index contributed by atoms with van der Waals surface area (Å²) in [6, 6.07) is 2.14. The third-order valence-corrected chi connectivity index (χ3v) is 3.37. The van der Waals surface area contributed by atoms with Crippen LogP contribution >= 0.6 is 11.6 Å². The number of H-pyrrole nitrogens is 1. The van der Waals surface area contributed by atoms with Crippen LogP contribution in [0, 0.1) is 6.92 Å². The van der Waals surface area contributed by atoms with E-state index in [9.17, 15) is 0 Å². The largest absolute Gasteiger partial charge is 0.367 e. The van der Waals surface area contributed by atoms with Crippen molar-refractivity contribution in [2.45, 2.75) is 32.2 Å². The van der Waals surface area contributed by atoms with Crippen molar-refractivity contribution in [2.24, 2.45) is 0 Å². The molecule has 2 aromatic rings. The lowest BCUT2D eigenvalue weighted by molar-refractivity contribution is 0.602. The van der Waals surface area contributed by atoms with E-state index >= 15 is 0 Å². The van der Waals surface area contributed by atoms with Crippen molar-refractivity contribution in [1.29, 1.82) is 0 Å². The summed E-state index contributed by atoms with van der Waals surface area (Å²) in [6.07, 6.45) is 4.95. The van der Waals surface area contributed by atoms with Crippen molar-refractivity contribution in [3.8, 4) is 0 Å². The molecule has 1 aliphatic rings. The molecule has 1 unspecified atom stereocenters. The second kappa shape index (κ2) is 4.57. The molecule has 94 valence electrons. The number of rotatable bonds is 2. The van der Waals surface area contributed by atoms with Crippen LogP contribution in [-0.2, 0) is 12.8 Å². The highest BCUT2D eigenvalue weighted by atomic mass is 35.5. The maximum absolute atomic E-state index is 5.93. The van der Waals surface area contributed by atoms with Crippen LogP contribution in [0.15, 0.2) is 12.3 Å². The number of fused-ring (bicyclic) bond motifs is 1. The molecule has 1 atom stereocenters. The molecular formula is C12H14ClN5. The highest BCUT2D eigenvalue weighted by Crippen LogP contribution is 2.22. The molecule has 0 amide bonds. The molecule has 1 aliphatic carbocycles. The molecular weight excluding hydrogens is 250 g/mol.